The molecule has 2 aliphatic carbocycles. The minimum atomic E-state index is -0.212. The Morgan fingerprint density at radius 2 is 1.88 bits per heavy atom. The van der Waals surface area contributed by atoms with Gasteiger partial charge < -0.3 is 10.1 Å². The molecule has 92 valence electrons. The SMILES string of the molecule is COC(=O)C(Br)CNCC(C1CC1)C1CC1. The molecular weight excluding hydrogens is 270 g/mol. The van der Waals surface area contributed by atoms with Crippen molar-refractivity contribution in [3.05, 3.63) is 0 Å². The van der Waals surface area contributed by atoms with E-state index in [2.05, 4.69) is 26.0 Å². The van der Waals surface area contributed by atoms with Crippen molar-refractivity contribution in [2.45, 2.75) is 30.5 Å². The third kappa shape index (κ3) is 3.45. The van der Waals surface area contributed by atoms with Crippen molar-refractivity contribution in [2.24, 2.45) is 17.8 Å². The molecule has 3 nitrogen and oxygen atoms in total. The predicted octanol–water partition coefficient (Wildman–Crippen LogP) is 1.95. The number of hydrogen-bond donors (Lipinski definition) is 1. The molecule has 4 heteroatoms. The summed E-state index contributed by atoms with van der Waals surface area (Å²) >= 11 is 3.32. The van der Waals surface area contributed by atoms with E-state index in [-0.39, 0.29) is 10.8 Å². The van der Waals surface area contributed by atoms with Crippen LogP contribution in [0.2, 0.25) is 0 Å². The van der Waals surface area contributed by atoms with Crippen molar-refractivity contribution in [3.8, 4) is 0 Å². The van der Waals surface area contributed by atoms with Gasteiger partial charge in [-0.3, -0.25) is 4.79 Å². The lowest BCUT2D eigenvalue weighted by molar-refractivity contribution is -0.139. The molecular formula is C12H20BrNO2. The first-order valence-corrected chi connectivity index (χ1v) is 7.06. The van der Waals surface area contributed by atoms with Crippen LogP contribution < -0.4 is 5.32 Å². The van der Waals surface area contributed by atoms with E-state index >= 15 is 0 Å². The van der Waals surface area contributed by atoms with Crippen LogP contribution >= 0.6 is 15.9 Å². The van der Waals surface area contributed by atoms with Gasteiger partial charge in [-0.05, 0) is 50.0 Å². The smallest absolute Gasteiger partial charge is 0.320 e. The zero-order valence-electron chi connectivity index (χ0n) is 9.75. The highest BCUT2D eigenvalue weighted by atomic mass is 79.9. The fourth-order valence-electron chi connectivity index (χ4n) is 2.35. The van der Waals surface area contributed by atoms with E-state index in [1.165, 1.54) is 32.8 Å². The van der Waals surface area contributed by atoms with Crippen LogP contribution in [-0.4, -0.2) is 31.0 Å². The quantitative estimate of drug-likeness (QED) is 0.575. The van der Waals surface area contributed by atoms with Crippen LogP contribution in [0.5, 0.6) is 0 Å². The van der Waals surface area contributed by atoms with Crippen LogP contribution in [0.3, 0.4) is 0 Å². The zero-order chi connectivity index (χ0) is 11.5. The summed E-state index contributed by atoms with van der Waals surface area (Å²) in [5, 5.41) is 3.40. The molecule has 1 unspecified atom stereocenters. The van der Waals surface area contributed by atoms with Crippen LogP contribution in [0.4, 0.5) is 0 Å². The van der Waals surface area contributed by atoms with Gasteiger partial charge in [-0.1, -0.05) is 15.9 Å². The lowest BCUT2D eigenvalue weighted by Gasteiger charge is -2.17. The second kappa shape index (κ2) is 5.50. The average molecular weight is 290 g/mol. The standard InChI is InChI=1S/C12H20BrNO2/c1-16-12(15)11(13)7-14-6-10(8-2-3-8)9-4-5-9/h8-11,14H,2-7H2,1H3. The number of esters is 1. The Kier molecular flexibility index (Phi) is 4.25. The third-order valence-electron chi connectivity index (χ3n) is 3.62. The third-order valence-corrected chi connectivity index (χ3v) is 4.31. The van der Waals surface area contributed by atoms with Gasteiger partial charge in [0.25, 0.3) is 0 Å². The van der Waals surface area contributed by atoms with E-state index in [9.17, 15) is 4.79 Å². The van der Waals surface area contributed by atoms with Gasteiger partial charge in [-0.2, -0.15) is 0 Å². The minimum Gasteiger partial charge on any atom is -0.468 e. The van der Waals surface area contributed by atoms with E-state index in [4.69, 9.17) is 0 Å². The summed E-state index contributed by atoms with van der Waals surface area (Å²) < 4.78 is 4.66. The Morgan fingerprint density at radius 3 is 2.31 bits per heavy atom. The molecule has 0 bridgehead atoms. The van der Waals surface area contributed by atoms with Crippen LogP contribution in [0.15, 0.2) is 0 Å². The summed E-state index contributed by atoms with van der Waals surface area (Å²) in [4.78, 5) is 11.0. The monoisotopic (exact) mass is 289 g/mol. The molecule has 2 saturated carbocycles. The van der Waals surface area contributed by atoms with Crippen molar-refractivity contribution in [1.82, 2.24) is 5.32 Å². The Labute approximate surface area is 105 Å². The molecule has 0 saturated heterocycles. The Balaban J connectivity index is 1.64. The molecule has 2 rings (SSSR count). The maximum absolute atomic E-state index is 11.2. The fourth-order valence-corrected chi connectivity index (χ4v) is 2.77. The van der Waals surface area contributed by atoms with Crippen molar-refractivity contribution in [2.75, 3.05) is 20.2 Å². The first-order valence-electron chi connectivity index (χ1n) is 6.15. The van der Waals surface area contributed by atoms with Gasteiger partial charge in [0.15, 0.2) is 0 Å². The molecule has 2 fully saturated rings. The van der Waals surface area contributed by atoms with E-state index in [0.717, 1.165) is 24.3 Å². The summed E-state index contributed by atoms with van der Waals surface area (Å²) in [6.07, 6.45) is 5.66. The number of nitrogens with one attached hydrogen (secondary N) is 1. The maximum atomic E-state index is 11.2. The van der Waals surface area contributed by atoms with Gasteiger partial charge in [-0.15, -0.1) is 0 Å². The Hall–Kier alpha value is -0.0900. The number of rotatable bonds is 7. The van der Waals surface area contributed by atoms with Crippen molar-refractivity contribution in [1.29, 1.82) is 0 Å². The van der Waals surface area contributed by atoms with Gasteiger partial charge >= 0.3 is 5.97 Å². The number of halogens is 1. The molecule has 0 amide bonds. The van der Waals surface area contributed by atoms with E-state index in [1.807, 2.05) is 0 Å². The lowest BCUT2D eigenvalue weighted by Crippen LogP contribution is -2.34. The van der Waals surface area contributed by atoms with Crippen molar-refractivity contribution in [3.63, 3.8) is 0 Å². The van der Waals surface area contributed by atoms with Crippen LogP contribution in [0.1, 0.15) is 25.7 Å². The number of carbonyl (C=O) groups is 1. The largest absolute Gasteiger partial charge is 0.468 e. The van der Waals surface area contributed by atoms with E-state index in [0.29, 0.717) is 6.54 Å². The van der Waals surface area contributed by atoms with Crippen LogP contribution in [0, 0.1) is 17.8 Å². The molecule has 2 aliphatic rings. The number of alkyl halides is 1. The van der Waals surface area contributed by atoms with Crippen LogP contribution in [0.25, 0.3) is 0 Å². The highest BCUT2D eigenvalue weighted by Gasteiger charge is 2.40. The lowest BCUT2D eigenvalue weighted by atomic mass is 9.98. The number of methoxy groups -OCH3 is 1. The molecule has 0 aromatic carbocycles. The summed E-state index contributed by atoms with van der Waals surface area (Å²) in [5.41, 5.74) is 0. The first-order chi connectivity index (χ1) is 7.72. The number of hydrogen-bond acceptors (Lipinski definition) is 3. The summed E-state index contributed by atoms with van der Waals surface area (Å²) in [6, 6.07) is 0. The van der Waals surface area contributed by atoms with Crippen LogP contribution in [-0.2, 0) is 9.53 Å². The minimum absolute atomic E-state index is 0.193. The molecule has 16 heavy (non-hydrogen) atoms. The van der Waals surface area contributed by atoms with Gasteiger partial charge in [-0.25, -0.2) is 0 Å². The first kappa shape index (κ1) is 12.4. The summed E-state index contributed by atoms with van der Waals surface area (Å²) in [5.74, 6) is 2.60. The topological polar surface area (TPSA) is 38.3 Å². The molecule has 0 aliphatic heterocycles. The molecule has 0 radical (unpaired) electrons. The Bertz CT molecular complexity index is 239. The Morgan fingerprint density at radius 1 is 1.31 bits per heavy atom. The highest BCUT2D eigenvalue weighted by molar-refractivity contribution is 9.10. The zero-order valence-corrected chi connectivity index (χ0v) is 11.3. The molecule has 0 aromatic heterocycles. The van der Waals surface area contributed by atoms with E-state index < -0.39 is 0 Å². The molecule has 1 N–H and O–H groups in total. The average Bonchev–Trinajstić information content (AvgIpc) is 3.15. The second-order valence-corrected chi connectivity index (χ2v) is 6.09. The molecule has 0 heterocycles. The van der Waals surface area contributed by atoms with Crippen molar-refractivity contribution < 1.29 is 9.53 Å². The predicted molar refractivity (Wildman–Crippen MR) is 66.5 cm³/mol. The maximum Gasteiger partial charge on any atom is 0.320 e. The van der Waals surface area contributed by atoms with Gasteiger partial charge in [0.05, 0.1) is 7.11 Å². The number of ether oxygens (including phenoxy) is 1. The molecule has 0 aromatic rings. The fraction of sp³-hybridized carbons (Fsp3) is 0.917. The molecule has 1 atom stereocenters. The normalized spacial score (nSPS) is 22.2. The summed E-state index contributed by atoms with van der Waals surface area (Å²) in [7, 11) is 1.42. The van der Waals surface area contributed by atoms with Gasteiger partial charge in [0.1, 0.15) is 4.83 Å². The van der Waals surface area contributed by atoms with Gasteiger partial charge in [0, 0.05) is 6.54 Å². The van der Waals surface area contributed by atoms with Crippen molar-refractivity contribution >= 4 is 21.9 Å². The highest BCUT2D eigenvalue weighted by Crippen LogP contribution is 2.48. The summed E-state index contributed by atoms with van der Waals surface area (Å²) in [6.45, 7) is 1.73. The number of carbonyl (C=O) groups excluding carboxylic acids is 1. The second-order valence-electron chi connectivity index (χ2n) is 4.99. The van der Waals surface area contributed by atoms with Gasteiger partial charge in [0.2, 0.25) is 0 Å². The molecule has 0 spiro atoms. The van der Waals surface area contributed by atoms with E-state index in [1.54, 1.807) is 0 Å².